The summed E-state index contributed by atoms with van der Waals surface area (Å²) in [5, 5.41) is 0. The molecule has 4 N–H and O–H groups in total. The highest BCUT2D eigenvalue weighted by molar-refractivity contribution is 5.84. The number of rotatable bonds is 8. The fraction of sp³-hybridized carbons (Fsp3) is 0.429. The fourth-order valence-corrected chi connectivity index (χ4v) is 1.37. The molecule has 0 bridgehead atoms. The van der Waals surface area contributed by atoms with Crippen LogP contribution >= 0.6 is 0 Å². The monoisotopic (exact) mass is 246 g/mol. The third kappa shape index (κ3) is 6.27. The van der Waals surface area contributed by atoms with Crippen LogP contribution in [0.2, 0.25) is 0 Å². The molecule has 98 valence electrons. The van der Waals surface area contributed by atoms with Gasteiger partial charge < -0.3 is 11.5 Å². The molecular formula is C14H22N4. The number of aliphatic imine (C=N–C) groups is 2. The third-order valence-corrected chi connectivity index (χ3v) is 2.40. The highest BCUT2D eigenvalue weighted by Crippen LogP contribution is 2.00. The highest BCUT2D eigenvalue weighted by Gasteiger charge is 1.89. The van der Waals surface area contributed by atoms with Crippen molar-refractivity contribution in [2.75, 3.05) is 26.2 Å². The Morgan fingerprint density at radius 2 is 1.17 bits per heavy atom. The Morgan fingerprint density at radius 3 is 1.50 bits per heavy atom. The van der Waals surface area contributed by atoms with Gasteiger partial charge in [-0.1, -0.05) is 24.3 Å². The molecule has 0 saturated carbocycles. The number of hydrogen-bond donors (Lipinski definition) is 2. The van der Waals surface area contributed by atoms with E-state index in [0.717, 1.165) is 37.1 Å². The lowest BCUT2D eigenvalue weighted by atomic mass is 10.1. The number of nitrogens with two attached hydrogens (primary N) is 2. The van der Waals surface area contributed by atoms with Gasteiger partial charge in [-0.2, -0.15) is 0 Å². The van der Waals surface area contributed by atoms with Crippen molar-refractivity contribution < 1.29 is 0 Å². The largest absolute Gasteiger partial charge is 0.330 e. The van der Waals surface area contributed by atoms with E-state index < -0.39 is 0 Å². The van der Waals surface area contributed by atoms with Crippen molar-refractivity contribution in [3.63, 3.8) is 0 Å². The van der Waals surface area contributed by atoms with Crippen LogP contribution in [-0.2, 0) is 0 Å². The van der Waals surface area contributed by atoms with E-state index in [4.69, 9.17) is 11.5 Å². The topological polar surface area (TPSA) is 76.8 Å². The maximum absolute atomic E-state index is 5.40. The van der Waals surface area contributed by atoms with Crippen LogP contribution in [0.3, 0.4) is 0 Å². The smallest absolute Gasteiger partial charge is 0.0401 e. The van der Waals surface area contributed by atoms with Crippen LogP contribution in [0.25, 0.3) is 0 Å². The maximum atomic E-state index is 5.40. The predicted octanol–water partition coefficient (Wildman–Crippen LogP) is 1.22. The summed E-state index contributed by atoms with van der Waals surface area (Å²) in [6.07, 6.45) is 5.63. The first-order chi connectivity index (χ1) is 8.86. The molecule has 0 saturated heterocycles. The van der Waals surface area contributed by atoms with Gasteiger partial charge in [0.2, 0.25) is 0 Å². The fourth-order valence-electron chi connectivity index (χ4n) is 1.37. The number of benzene rings is 1. The molecule has 0 aromatic heterocycles. The van der Waals surface area contributed by atoms with Crippen molar-refractivity contribution in [2.45, 2.75) is 12.8 Å². The van der Waals surface area contributed by atoms with E-state index in [0.29, 0.717) is 13.1 Å². The van der Waals surface area contributed by atoms with Gasteiger partial charge in [-0.05, 0) is 37.1 Å². The third-order valence-electron chi connectivity index (χ3n) is 2.40. The molecular weight excluding hydrogens is 224 g/mol. The van der Waals surface area contributed by atoms with Crippen LogP contribution in [0.4, 0.5) is 0 Å². The lowest BCUT2D eigenvalue weighted by molar-refractivity contribution is 0.847. The summed E-state index contributed by atoms with van der Waals surface area (Å²) in [5.41, 5.74) is 13.0. The molecule has 0 aliphatic carbocycles. The zero-order valence-corrected chi connectivity index (χ0v) is 10.8. The quantitative estimate of drug-likeness (QED) is 0.534. The van der Waals surface area contributed by atoms with Crippen LogP contribution in [0.15, 0.2) is 34.3 Å². The van der Waals surface area contributed by atoms with Crippen molar-refractivity contribution >= 4 is 12.4 Å². The summed E-state index contributed by atoms with van der Waals surface area (Å²) in [4.78, 5) is 8.59. The normalized spacial score (nSPS) is 11.7. The molecule has 0 amide bonds. The lowest BCUT2D eigenvalue weighted by Crippen LogP contribution is -2.00. The summed E-state index contributed by atoms with van der Waals surface area (Å²) >= 11 is 0. The standard InChI is InChI=1S/C14H22N4/c15-7-1-9-17-11-13-3-5-14(6-4-13)12-18-10-2-8-16/h3-6,11-12H,1-2,7-10,15-16H2. The first kappa shape index (κ1) is 14.5. The molecule has 4 heteroatoms. The zero-order valence-electron chi connectivity index (χ0n) is 10.8. The molecule has 0 unspecified atom stereocenters. The van der Waals surface area contributed by atoms with E-state index in [9.17, 15) is 0 Å². The molecule has 0 spiro atoms. The minimum absolute atomic E-state index is 0.690. The van der Waals surface area contributed by atoms with Crippen LogP contribution < -0.4 is 11.5 Å². The Kier molecular flexibility index (Phi) is 7.68. The summed E-state index contributed by atoms with van der Waals surface area (Å²) in [6.45, 7) is 2.96. The van der Waals surface area contributed by atoms with Gasteiger partial charge in [0, 0.05) is 25.5 Å². The van der Waals surface area contributed by atoms with E-state index in [1.165, 1.54) is 0 Å². The zero-order chi connectivity index (χ0) is 13.1. The first-order valence-electron chi connectivity index (χ1n) is 6.36. The van der Waals surface area contributed by atoms with Gasteiger partial charge in [0.05, 0.1) is 0 Å². The van der Waals surface area contributed by atoms with Gasteiger partial charge in [-0.3, -0.25) is 9.98 Å². The number of nitrogens with zero attached hydrogens (tertiary/aromatic N) is 2. The second-order valence-electron chi connectivity index (χ2n) is 4.02. The second kappa shape index (κ2) is 9.50. The minimum atomic E-state index is 0.690. The molecule has 1 aromatic rings. The molecule has 1 aromatic carbocycles. The summed E-state index contributed by atoms with van der Waals surface area (Å²) in [6, 6.07) is 8.15. The molecule has 0 heterocycles. The molecule has 4 nitrogen and oxygen atoms in total. The van der Waals surface area contributed by atoms with Crippen molar-refractivity contribution in [1.82, 2.24) is 0 Å². The van der Waals surface area contributed by atoms with Crippen LogP contribution in [-0.4, -0.2) is 38.6 Å². The van der Waals surface area contributed by atoms with E-state index in [2.05, 4.69) is 9.98 Å². The Balaban J connectivity index is 2.42. The summed E-state index contributed by atoms with van der Waals surface area (Å²) < 4.78 is 0. The molecule has 0 atom stereocenters. The Hall–Kier alpha value is -1.52. The lowest BCUT2D eigenvalue weighted by Gasteiger charge is -1.96. The summed E-state index contributed by atoms with van der Waals surface area (Å²) in [7, 11) is 0. The van der Waals surface area contributed by atoms with E-state index >= 15 is 0 Å². The van der Waals surface area contributed by atoms with E-state index in [1.54, 1.807) is 0 Å². The molecule has 0 aliphatic heterocycles. The molecule has 0 aliphatic rings. The molecule has 0 radical (unpaired) electrons. The van der Waals surface area contributed by atoms with Gasteiger partial charge in [0.1, 0.15) is 0 Å². The maximum Gasteiger partial charge on any atom is 0.0401 e. The van der Waals surface area contributed by atoms with Crippen LogP contribution in [0.1, 0.15) is 24.0 Å². The molecule has 1 rings (SSSR count). The SMILES string of the molecule is NCCCN=Cc1ccc(C=NCCCN)cc1. The van der Waals surface area contributed by atoms with E-state index in [-0.39, 0.29) is 0 Å². The van der Waals surface area contributed by atoms with Gasteiger partial charge >= 0.3 is 0 Å². The van der Waals surface area contributed by atoms with Crippen molar-refractivity contribution in [3.8, 4) is 0 Å². The molecule has 18 heavy (non-hydrogen) atoms. The highest BCUT2D eigenvalue weighted by atomic mass is 14.7. The average molecular weight is 246 g/mol. The Morgan fingerprint density at radius 1 is 0.778 bits per heavy atom. The van der Waals surface area contributed by atoms with Crippen LogP contribution in [0.5, 0.6) is 0 Å². The Bertz CT molecular complexity index is 331. The van der Waals surface area contributed by atoms with Gasteiger partial charge in [0.15, 0.2) is 0 Å². The number of hydrogen-bond acceptors (Lipinski definition) is 4. The van der Waals surface area contributed by atoms with Crippen molar-refractivity contribution in [1.29, 1.82) is 0 Å². The predicted molar refractivity (Wildman–Crippen MR) is 78.7 cm³/mol. The minimum Gasteiger partial charge on any atom is -0.330 e. The first-order valence-corrected chi connectivity index (χ1v) is 6.36. The van der Waals surface area contributed by atoms with Gasteiger partial charge in [-0.15, -0.1) is 0 Å². The van der Waals surface area contributed by atoms with Crippen molar-refractivity contribution in [2.24, 2.45) is 21.5 Å². The van der Waals surface area contributed by atoms with Crippen LogP contribution in [0, 0.1) is 0 Å². The average Bonchev–Trinajstić information content (AvgIpc) is 2.41. The summed E-state index contributed by atoms with van der Waals surface area (Å²) in [5.74, 6) is 0. The van der Waals surface area contributed by atoms with E-state index in [1.807, 2.05) is 36.7 Å². The van der Waals surface area contributed by atoms with Crippen molar-refractivity contribution in [3.05, 3.63) is 35.4 Å². The van der Waals surface area contributed by atoms with Gasteiger partial charge in [0.25, 0.3) is 0 Å². The van der Waals surface area contributed by atoms with Gasteiger partial charge in [-0.25, -0.2) is 0 Å². The second-order valence-corrected chi connectivity index (χ2v) is 4.02. The Labute approximate surface area is 109 Å². The molecule has 0 fully saturated rings.